The van der Waals surface area contributed by atoms with Crippen LogP contribution in [0.4, 0.5) is 5.69 Å². The van der Waals surface area contributed by atoms with E-state index in [-0.39, 0.29) is 24.4 Å². The van der Waals surface area contributed by atoms with E-state index < -0.39 is 11.4 Å². The topological polar surface area (TPSA) is 78.9 Å². The number of carbonyl (C=O) groups is 2. The van der Waals surface area contributed by atoms with Gasteiger partial charge < -0.3 is 20.1 Å². The summed E-state index contributed by atoms with van der Waals surface area (Å²) in [6, 6.07) is 5.97. The number of carboxylic acid groups (broad SMARTS) is 1. The Morgan fingerprint density at radius 3 is 2.80 bits per heavy atom. The van der Waals surface area contributed by atoms with Gasteiger partial charge in [-0.2, -0.15) is 0 Å². The van der Waals surface area contributed by atoms with E-state index in [2.05, 4.69) is 5.32 Å². The number of hydrogen-bond acceptors (Lipinski definition) is 4. The van der Waals surface area contributed by atoms with Crippen LogP contribution in [0.15, 0.2) is 18.2 Å². The van der Waals surface area contributed by atoms with E-state index in [0.29, 0.717) is 31.7 Å². The molecular formula is C19H26N2O4. The molecule has 6 heteroatoms. The van der Waals surface area contributed by atoms with Gasteiger partial charge in [0.25, 0.3) is 5.91 Å². The van der Waals surface area contributed by atoms with Crippen LogP contribution in [0.2, 0.25) is 0 Å². The van der Waals surface area contributed by atoms with Gasteiger partial charge in [0.15, 0.2) is 0 Å². The first-order valence-electron chi connectivity index (χ1n) is 8.81. The van der Waals surface area contributed by atoms with Gasteiger partial charge in [-0.15, -0.1) is 0 Å². The maximum absolute atomic E-state index is 13.2. The van der Waals surface area contributed by atoms with E-state index in [1.807, 2.05) is 39.0 Å². The van der Waals surface area contributed by atoms with Gasteiger partial charge in [-0.1, -0.05) is 11.6 Å². The van der Waals surface area contributed by atoms with Crippen LogP contribution >= 0.6 is 0 Å². The normalized spacial score (nSPS) is 25.8. The molecule has 6 nitrogen and oxygen atoms in total. The molecule has 2 saturated heterocycles. The third kappa shape index (κ3) is 3.23. The van der Waals surface area contributed by atoms with E-state index in [1.165, 1.54) is 0 Å². The fourth-order valence-corrected chi connectivity index (χ4v) is 3.90. The number of aliphatic carboxylic acids is 1. The van der Waals surface area contributed by atoms with Crippen molar-refractivity contribution in [2.24, 2.45) is 11.3 Å². The van der Waals surface area contributed by atoms with Crippen LogP contribution in [-0.4, -0.2) is 54.2 Å². The molecule has 1 aromatic rings. The van der Waals surface area contributed by atoms with Crippen molar-refractivity contribution in [3.8, 4) is 0 Å². The number of ether oxygens (including phenoxy) is 1. The number of benzene rings is 1. The largest absolute Gasteiger partial charge is 0.481 e. The summed E-state index contributed by atoms with van der Waals surface area (Å²) in [5, 5.41) is 13.1. The summed E-state index contributed by atoms with van der Waals surface area (Å²) in [6.45, 7) is 7.53. The van der Waals surface area contributed by atoms with Gasteiger partial charge in [0.1, 0.15) is 0 Å². The molecule has 0 aliphatic carbocycles. The van der Waals surface area contributed by atoms with Crippen LogP contribution in [0.25, 0.3) is 0 Å². The molecule has 136 valence electrons. The second-order valence-corrected chi connectivity index (χ2v) is 7.52. The number of hydrogen-bond donors (Lipinski definition) is 2. The van der Waals surface area contributed by atoms with Gasteiger partial charge >= 0.3 is 5.97 Å². The number of anilines is 1. The van der Waals surface area contributed by atoms with Crippen molar-refractivity contribution in [2.75, 3.05) is 31.6 Å². The molecule has 2 aliphatic heterocycles. The van der Waals surface area contributed by atoms with E-state index in [0.717, 1.165) is 11.3 Å². The van der Waals surface area contributed by atoms with E-state index in [1.54, 1.807) is 4.90 Å². The van der Waals surface area contributed by atoms with Crippen molar-refractivity contribution in [1.82, 2.24) is 4.90 Å². The highest BCUT2D eigenvalue weighted by atomic mass is 16.5. The van der Waals surface area contributed by atoms with Crippen LogP contribution in [0.1, 0.15) is 36.2 Å². The summed E-state index contributed by atoms with van der Waals surface area (Å²) in [7, 11) is 0. The standard InChI is InChI=1S/C19H26N2O4/c1-12(2)20-16-5-4-13(3)8-15(16)17(22)21-9-14-10-25-7-6-19(14,11-21)18(23)24/h4-5,8,12,14,20H,6-7,9-11H2,1-3H3,(H,23,24)/t14-,19+/m1/s1. The minimum atomic E-state index is -0.872. The Hall–Kier alpha value is -2.08. The summed E-state index contributed by atoms with van der Waals surface area (Å²) >= 11 is 0. The third-order valence-corrected chi connectivity index (χ3v) is 5.27. The summed E-state index contributed by atoms with van der Waals surface area (Å²) in [5.41, 5.74) is 1.53. The molecule has 2 heterocycles. The Bertz CT molecular complexity index is 688. The zero-order valence-corrected chi connectivity index (χ0v) is 15.0. The zero-order chi connectivity index (χ0) is 18.2. The highest BCUT2D eigenvalue weighted by Gasteiger charge is 2.55. The first-order valence-corrected chi connectivity index (χ1v) is 8.81. The van der Waals surface area contributed by atoms with E-state index in [4.69, 9.17) is 4.74 Å². The number of nitrogens with zero attached hydrogens (tertiary/aromatic N) is 1. The van der Waals surface area contributed by atoms with Crippen LogP contribution in [0, 0.1) is 18.3 Å². The van der Waals surface area contributed by atoms with Gasteiger partial charge in [-0.25, -0.2) is 0 Å². The molecule has 1 amide bonds. The van der Waals surface area contributed by atoms with Gasteiger partial charge in [0.2, 0.25) is 0 Å². The molecule has 0 bridgehead atoms. The number of carboxylic acids is 1. The predicted octanol–water partition coefficient (Wildman–Crippen LogP) is 2.38. The van der Waals surface area contributed by atoms with Crippen LogP contribution < -0.4 is 5.32 Å². The quantitative estimate of drug-likeness (QED) is 0.875. The number of rotatable bonds is 4. The second kappa shape index (κ2) is 6.67. The lowest BCUT2D eigenvalue weighted by atomic mass is 9.74. The molecular weight excluding hydrogens is 320 g/mol. The Balaban J connectivity index is 1.89. The van der Waals surface area contributed by atoms with Gasteiger partial charge in [0.05, 0.1) is 17.6 Å². The van der Waals surface area contributed by atoms with Crippen molar-refractivity contribution in [1.29, 1.82) is 0 Å². The molecule has 0 radical (unpaired) electrons. The number of aryl methyl sites for hydroxylation is 1. The molecule has 2 aliphatic rings. The highest BCUT2D eigenvalue weighted by Crippen LogP contribution is 2.43. The lowest BCUT2D eigenvalue weighted by Gasteiger charge is -2.33. The smallest absolute Gasteiger partial charge is 0.311 e. The average molecular weight is 346 g/mol. The first-order chi connectivity index (χ1) is 11.8. The molecule has 0 spiro atoms. The third-order valence-electron chi connectivity index (χ3n) is 5.27. The number of likely N-dealkylation sites (tertiary alicyclic amines) is 1. The number of carbonyl (C=O) groups excluding carboxylic acids is 1. The van der Waals surface area contributed by atoms with Crippen molar-refractivity contribution in [2.45, 2.75) is 33.2 Å². The van der Waals surface area contributed by atoms with Crippen molar-refractivity contribution in [3.05, 3.63) is 29.3 Å². The van der Waals surface area contributed by atoms with Crippen LogP contribution in [-0.2, 0) is 9.53 Å². The number of amides is 1. The number of nitrogens with one attached hydrogen (secondary N) is 1. The lowest BCUT2D eigenvalue weighted by Crippen LogP contribution is -2.45. The summed E-state index contributed by atoms with van der Waals surface area (Å²) in [4.78, 5) is 26.8. The molecule has 2 atom stereocenters. The van der Waals surface area contributed by atoms with Crippen molar-refractivity contribution >= 4 is 17.6 Å². The lowest BCUT2D eigenvalue weighted by molar-refractivity contribution is -0.157. The first kappa shape index (κ1) is 17.7. The molecule has 2 fully saturated rings. The predicted molar refractivity (Wildman–Crippen MR) is 94.8 cm³/mol. The molecule has 0 aromatic heterocycles. The van der Waals surface area contributed by atoms with Gasteiger partial charge in [-0.05, 0) is 39.3 Å². The Kier molecular flexibility index (Phi) is 4.73. The van der Waals surface area contributed by atoms with E-state index >= 15 is 0 Å². The Morgan fingerprint density at radius 2 is 2.16 bits per heavy atom. The fourth-order valence-electron chi connectivity index (χ4n) is 3.90. The number of fused-ring (bicyclic) bond motifs is 1. The maximum Gasteiger partial charge on any atom is 0.311 e. The minimum absolute atomic E-state index is 0.109. The summed E-state index contributed by atoms with van der Waals surface area (Å²) < 4.78 is 5.47. The van der Waals surface area contributed by atoms with Crippen LogP contribution in [0.3, 0.4) is 0 Å². The maximum atomic E-state index is 13.2. The van der Waals surface area contributed by atoms with Gasteiger partial charge in [-0.3, -0.25) is 9.59 Å². The molecule has 0 unspecified atom stereocenters. The highest BCUT2D eigenvalue weighted by molar-refractivity contribution is 6.00. The molecule has 25 heavy (non-hydrogen) atoms. The Labute approximate surface area is 148 Å². The Morgan fingerprint density at radius 1 is 1.40 bits per heavy atom. The molecule has 3 rings (SSSR count). The van der Waals surface area contributed by atoms with Crippen molar-refractivity contribution < 1.29 is 19.4 Å². The van der Waals surface area contributed by atoms with E-state index in [9.17, 15) is 14.7 Å². The monoisotopic (exact) mass is 346 g/mol. The zero-order valence-electron chi connectivity index (χ0n) is 15.0. The molecule has 1 aromatic carbocycles. The SMILES string of the molecule is Cc1ccc(NC(C)C)c(C(=O)N2C[C@@H]3COCC[C@]3(C(=O)O)C2)c1. The van der Waals surface area contributed by atoms with Crippen LogP contribution in [0.5, 0.6) is 0 Å². The second-order valence-electron chi connectivity index (χ2n) is 7.52. The summed E-state index contributed by atoms with van der Waals surface area (Å²) in [5.74, 6) is -1.07. The van der Waals surface area contributed by atoms with Crippen molar-refractivity contribution in [3.63, 3.8) is 0 Å². The minimum Gasteiger partial charge on any atom is -0.481 e. The molecule has 2 N–H and O–H groups in total. The summed E-state index contributed by atoms with van der Waals surface area (Å²) in [6.07, 6.45) is 0.460. The molecule has 0 saturated carbocycles. The average Bonchev–Trinajstić information content (AvgIpc) is 2.96. The fraction of sp³-hybridized carbons (Fsp3) is 0.579. The van der Waals surface area contributed by atoms with Gasteiger partial charge in [0, 0.05) is 37.3 Å².